The number of nitrogens with one attached hydrogen (secondary N) is 1. The van der Waals surface area contributed by atoms with Gasteiger partial charge in [0.15, 0.2) is 5.70 Å². The lowest BCUT2D eigenvalue weighted by atomic mass is 10.2. The van der Waals surface area contributed by atoms with Gasteiger partial charge in [0.1, 0.15) is 0 Å². The average Bonchev–Trinajstić information content (AvgIpc) is 2.58. The third-order valence-corrected chi connectivity index (χ3v) is 4.81. The number of hydrogen-bond acceptors (Lipinski definition) is 6. The first-order chi connectivity index (χ1) is 8.04. The van der Waals surface area contributed by atoms with Crippen LogP contribution in [-0.2, 0) is 14.4 Å². The predicted octanol–water partition coefficient (Wildman–Crippen LogP) is -0.216. The molecule has 2 amide bonds. The summed E-state index contributed by atoms with van der Waals surface area (Å²) in [6, 6.07) is 0. The molecule has 2 aliphatic rings. The van der Waals surface area contributed by atoms with Crippen LogP contribution in [0.1, 0.15) is 6.42 Å². The van der Waals surface area contributed by atoms with Gasteiger partial charge in [0, 0.05) is 0 Å². The molecule has 7 nitrogen and oxygen atoms in total. The first-order valence-electron chi connectivity index (χ1n) is 4.56. The monoisotopic (exact) mass is 276 g/mol. The van der Waals surface area contributed by atoms with Crippen LogP contribution in [0.15, 0.2) is 9.93 Å². The van der Waals surface area contributed by atoms with Crippen LogP contribution in [0.2, 0.25) is 0 Å². The molecule has 92 valence electrons. The van der Waals surface area contributed by atoms with E-state index >= 15 is 0 Å². The van der Waals surface area contributed by atoms with Crippen LogP contribution >= 0.6 is 23.5 Å². The summed E-state index contributed by atoms with van der Waals surface area (Å²) in [7, 11) is 0. The molecule has 0 saturated carbocycles. The standard InChI is InChI=1S/C8H8N2O5S2/c11-3(9-15)2-16-8-6(7(13)14)10-4(12)1-5(10)17-8/h5,15H,1-2H2,(H,9,11)(H,13,14)/t5-/m0/s1. The van der Waals surface area contributed by atoms with Gasteiger partial charge >= 0.3 is 5.97 Å². The maximum Gasteiger partial charge on any atom is 0.354 e. The summed E-state index contributed by atoms with van der Waals surface area (Å²) in [5.74, 6) is -2.11. The van der Waals surface area contributed by atoms with E-state index < -0.39 is 11.9 Å². The quantitative estimate of drug-likeness (QED) is 0.370. The zero-order chi connectivity index (χ0) is 12.6. The van der Waals surface area contributed by atoms with Gasteiger partial charge in [-0.05, 0) is 0 Å². The summed E-state index contributed by atoms with van der Waals surface area (Å²) < 4.78 is 0.428. The number of hydroxylamine groups is 1. The van der Waals surface area contributed by atoms with Gasteiger partial charge in [0.05, 0.1) is 21.8 Å². The van der Waals surface area contributed by atoms with Gasteiger partial charge in [-0.2, -0.15) is 0 Å². The Morgan fingerprint density at radius 1 is 1.59 bits per heavy atom. The van der Waals surface area contributed by atoms with Crippen LogP contribution in [0, 0.1) is 0 Å². The molecule has 3 N–H and O–H groups in total. The van der Waals surface area contributed by atoms with Crippen molar-refractivity contribution < 1.29 is 24.7 Å². The third-order valence-electron chi connectivity index (χ3n) is 2.24. The van der Waals surface area contributed by atoms with Gasteiger partial charge in [0.25, 0.3) is 5.91 Å². The van der Waals surface area contributed by atoms with Gasteiger partial charge in [-0.3, -0.25) is 19.7 Å². The lowest BCUT2D eigenvalue weighted by Crippen LogP contribution is -2.48. The van der Waals surface area contributed by atoms with Gasteiger partial charge in [-0.15, -0.1) is 11.8 Å². The molecule has 9 heteroatoms. The van der Waals surface area contributed by atoms with Crippen molar-refractivity contribution in [2.24, 2.45) is 0 Å². The van der Waals surface area contributed by atoms with E-state index in [-0.39, 0.29) is 22.7 Å². The number of fused-ring (bicyclic) bond motifs is 1. The van der Waals surface area contributed by atoms with Crippen molar-refractivity contribution in [3.8, 4) is 0 Å². The zero-order valence-corrected chi connectivity index (χ0v) is 10.0. The molecular formula is C8H8N2O5S2. The van der Waals surface area contributed by atoms with Crippen LogP contribution in [0.5, 0.6) is 0 Å². The Morgan fingerprint density at radius 3 is 2.82 bits per heavy atom. The average molecular weight is 276 g/mol. The molecule has 2 aliphatic heterocycles. The van der Waals surface area contributed by atoms with Crippen molar-refractivity contribution in [1.29, 1.82) is 0 Å². The maximum absolute atomic E-state index is 11.3. The van der Waals surface area contributed by atoms with Gasteiger partial charge in [0.2, 0.25) is 5.91 Å². The SMILES string of the molecule is O=C(CSC1=C(C(=O)O)N2C(=O)C[C@@H]2S1)NO. The lowest BCUT2D eigenvalue weighted by Gasteiger charge is -2.33. The highest BCUT2D eigenvalue weighted by Gasteiger charge is 2.48. The minimum Gasteiger partial charge on any atom is -0.477 e. The second kappa shape index (κ2) is 4.59. The molecule has 2 heterocycles. The van der Waals surface area contributed by atoms with Crippen LogP contribution in [-0.4, -0.2) is 44.1 Å². The molecule has 0 aromatic carbocycles. The second-order valence-electron chi connectivity index (χ2n) is 3.31. The number of amides is 2. The summed E-state index contributed by atoms with van der Waals surface area (Å²) in [4.78, 5) is 34.4. The van der Waals surface area contributed by atoms with E-state index in [0.717, 1.165) is 11.8 Å². The number of β-lactam (4-membered cyclic amide) rings is 1. The number of rotatable bonds is 4. The van der Waals surface area contributed by atoms with E-state index in [2.05, 4.69) is 0 Å². The first-order valence-corrected chi connectivity index (χ1v) is 6.43. The summed E-state index contributed by atoms with van der Waals surface area (Å²) in [5.41, 5.74) is 1.40. The Bertz CT molecular complexity index is 436. The highest BCUT2D eigenvalue weighted by molar-refractivity contribution is 8.23. The second-order valence-corrected chi connectivity index (χ2v) is 5.74. The largest absolute Gasteiger partial charge is 0.477 e. The van der Waals surface area contributed by atoms with Gasteiger partial charge in [-0.25, -0.2) is 10.3 Å². The molecule has 1 fully saturated rings. The molecule has 0 aliphatic carbocycles. The van der Waals surface area contributed by atoms with Crippen molar-refractivity contribution in [3.05, 3.63) is 9.93 Å². The molecule has 0 aromatic rings. The number of thioether (sulfide) groups is 2. The van der Waals surface area contributed by atoms with E-state index in [0.29, 0.717) is 10.7 Å². The Morgan fingerprint density at radius 2 is 2.29 bits per heavy atom. The maximum atomic E-state index is 11.3. The number of carboxylic acid groups (broad SMARTS) is 1. The number of hydrogen-bond donors (Lipinski definition) is 3. The van der Waals surface area contributed by atoms with Crippen LogP contribution in [0.25, 0.3) is 0 Å². The molecule has 0 radical (unpaired) electrons. The predicted molar refractivity (Wildman–Crippen MR) is 59.9 cm³/mol. The van der Waals surface area contributed by atoms with E-state index in [1.807, 2.05) is 0 Å². The van der Waals surface area contributed by atoms with E-state index in [9.17, 15) is 14.4 Å². The highest BCUT2D eigenvalue weighted by Crippen LogP contribution is 2.50. The number of carbonyl (C=O) groups is 3. The van der Waals surface area contributed by atoms with Crippen molar-refractivity contribution in [3.63, 3.8) is 0 Å². The zero-order valence-electron chi connectivity index (χ0n) is 8.37. The minimum absolute atomic E-state index is 0.0630. The lowest BCUT2D eigenvalue weighted by molar-refractivity contribution is -0.145. The van der Waals surface area contributed by atoms with E-state index in [4.69, 9.17) is 10.3 Å². The first kappa shape index (κ1) is 12.3. The van der Waals surface area contributed by atoms with E-state index in [1.54, 1.807) is 0 Å². The Labute approximate surface area is 104 Å². The number of aliphatic carboxylic acids is 1. The third kappa shape index (κ3) is 2.13. The van der Waals surface area contributed by atoms with Crippen molar-refractivity contribution in [2.45, 2.75) is 11.8 Å². The summed E-state index contributed by atoms with van der Waals surface area (Å²) in [6.45, 7) is 0. The van der Waals surface area contributed by atoms with E-state index in [1.165, 1.54) is 22.1 Å². The summed E-state index contributed by atoms with van der Waals surface area (Å²) in [5, 5.41) is 17.2. The van der Waals surface area contributed by atoms with Crippen LogP contribution in [0.3, 0.4) is 0 Å². The molecule has 2 rings (SSSR count). The molecule has 0 unspecified atom stereocenters. The fraction of sp³-hybridized carbons (Fsp3) is 0.375. The highest BCUT2D eigenvalue weighted by atomic mass is 32.2. The fourth-order valence-electron chi connectivity index (χ4n) is 1.48. The molecule has 17 heavy (non-hydrogen) atoms. The molecule has 0 spiro atoms. The smallest absolute Gasteiger partial charge is 0.354 e. The topological polar surface area (TPSA) is 107 Å². The van der Waals surface area contributed by atoms with Crippen LogP contribution < -0.4 is 5.48 Å². The normalized spacial score (nSPS) is 22.3. The van der Waals surface area contributed by atoms with Crippen molar-refractivity contribution in [2.75, 3.05) is 5.75 Å². The van der Waals surface area contributed by atoms with Gasteiger partial charge in [-0.1, -0.05) is 11.8 Å². The van der Waals surface area contributed by atoms with Crippen molar-refractivity contribution >= 4 is 41.3 Å². The molecular weight excluding hydrogens is 268 g/mol. The number of carboxylic acids is 1. The molecule has 0 aromatic heterocycles. The van der Waals surface area contributed by atoms with Crippen molar-refractivity contribution in [1.82, 2.24) is 10.4 Å². The molecule has 0 bridgehead atoms. The Balaban J connectivity index is 2.12. The number of carbonyl (C=O) groups excluding carboxylic acids is 2. The molecule has 1 atom stereocenters. The Hall–Kier alpha value is -1.19. The number of nitrogens with zero attached hydrogens (tertiary/aromatic N) is 1. The summed E-state index contributed by atoms with van der Waals surface area (Å²) in [6.07, 6.45) is 0.317. The van der Waals surface area contributed by atoms with Gasteiger partial charge < -0.3 is 5.11 Å². The van der Waals surface area contributed by atoms with Crippen LogP contribution in [0.4, 0.5) is 0 Å². The summed E-state index contributed by atoms with van der Waals surface area (Å²) >= 11 is 2.26. The fourth-order valence-corrected chi connectivity index (χ4v) is 4.01. The Kier molecular flexibility index (Phi) is 3.31. The molecule has 1 saturated heterocycles. The minimum atomic E-state index is -1.18.